The quantitative estimate of drug-likeness (QED) is 0.862. The second-order valence-corrected chi connectivity index (χ2v) is 5.85. The zero-order chi connectivity index (χ0) is 13.9. The van der Waals surface area contributed by atoms with Gasteiger partial charge in [0.1, 0.15) is 0 Å². The molecule has 1 aromatic carbocycles. The van der Waals surface area contributed by atoms with Gasteiger partial charge in [-0.25, -0.2) is 0 Å². The van der Waals surface area contributed by atoms with Crippen LogP contribution in [0.2, 0.25) is 0 Å². The van der Waals surface area contributed by atoms with Gasteiger partial charge in [-0.1, -0.05) is 18.2 Å². The fourth-order valence-corrected chi connectivity index (χ4v) is 3.25. The first-order valence-electron chi connectivity index (χ1n) is 7.57. The fraction of sp³-hybridized carbons (Fsp3) is 0.562. The van der Waals surface area contributed by atoms with E-state index in [2.05, 4.69) is 46.8 Å². The smallest absolute Gasteiger partial charge is 0.223 e. The van der Waals surface area contributed by atoms with E-state index in [4.69, 9.17) is 0 Å². The Hall–Kier alpha value is -1.55. The Kier molecular flexibility index (Phi) is 3.92. The molecule has 3 rings (SSSR count). The van der Waals surface area contributed by atoms with Crippen LogP contribution in [0, 0.1) is 5.92 Å². The van der Waals surface area contributed by atoms with Gasteiger partial charge in [0, 0.05) is 25.2 Å². The molecule has 1 atom stereocenters. The molecule has 1 fully saturated rings. The highest BCUT2D eigenvalue weighted by Crippen LogP contribution is 2.32. The third-order valence-electron chi connectivity index (χ3n) is 4.50. The van der Waals surface area contributed by atoms with Gasteiger partial charge < -0.3 is 15.5 Å². The minimum Gasteiger partial charge on any atom is -0.374 e. The number of benzene rings is 1. The maximum Gasteiger partial charge on any atom is 0.223 e. The number of amides is 1. The Bertz CT molecular complexity index is 482. The van der Waals surface area contributed by atoms with Crippen LogP contribution in [0.1, 0.15) is 30.9 Å². The average Bonchev–Trinajstić information content (AvgIpc) is 2.51. The van der Waals surface area contributed by atoms with Crippen molar-refractivity contribution in [2.45, 2.75) is 25.3 Å². The molecule has 2 aliphatic heterocycles. The molecule has 2 heterocycles. The van der Waals surface area contributed by atoms with Crippen LogP contribution in [0.3, 0.4) is 0 Å². The second kappa shape index (κ2) is 5.83. The maximum atomic E-state index is 12.4. The van der Waals surface area contributed by atoms with Crippen molar-refractivity contribution < 1.29 is 4.79 Å². The summed E-state index contributed by atoms with van der Waals surface area (Å²) in [6.07, 6.45) is 2.91. The molecule has 1 aromatic rings. The number of hydrogen-bond acceptors (Lipinski definition) is 3. The van der Waals surface area contributed by atoms with E-state index in [1.54, 1.807) is 0 Å². The summed E-state index contributed by atoms with van der Waals surface area (Å²) in [5.41, 5.74) is 2.50. The van der Waals surface area contributed by atoms with E-state index in [9.17, 15) is 4.79 Å². The SMILES string of the molecule is CN1CCC(NC(=O)C2CCNCC2)c2ccccc21. The van der Waals surface area contributed by atoms with E-state index in [1.165, 1.54) is 11.3 Å². The normalized spacial score (nSPS) is 23.2. The van der Waals surface area contributed by atoms with E-state index in [0.717, 1.165) is 38.9 Å². The summed E-state index contributed by atoms with van der Waals surface area (Å²) < 4.78 is 0. The lowest BCUT2D eigenvalue weighted by Crippen LogP contribution is -2.42. The topological polar surface area (TPSA) is 44.4 Å². The number of nitrogens with zero attached hydrogens (tertiary/aromatic N) is 1. The zero-order valence-electron chi connectivity index (χ0n) is 12.1. The van der Waals surface area contributed by atoms with Crippen LogP contribution >= 0.6 is 0 Å². The zero-order valence-corrected chi connectivity index (χ0v) is 12.1. The van der Waals surface area contributed by atoms with Crippen LogP contribution in [-0.4, -0.2) is 32.6 Å². The largest absolute Gasteiger partial charge is 0.374 e. The number of carbonyl (C=O) groups is 1. The second-order valence-electron chi connectivity index (χ2n) is 5.85. The first-order valence-corrected chi connectivity index (χ1v) is 7.57. The van der Waals surface area contributed by atoms with Crippen molar-refractivity contribution in [3.8, 4) is 0 Å². The van der Waals surface area contributed by atoms with Crippen molar-refractivity contribution in [3.63, 3.8) is 0 Å². The Balaban J connectivity index is 1.72. The molecular weight excluding hydrogens is 250 g/mol. The first kappa shape index (κ1) is 13.4. The van der Waals surface area contributed by atoms with Crippen molar-refractivity contribution in [2.24, 2.45) is 5.92 Å². The van der Waals surface area contributed by atoms with Crippen LogP contribution in [0.5, 0.6) is 0 Å². The number of anilines is 1. The molecule has 1 unspecified atom stereocenters. The third-order valence-corrected chi connectivity index (χ3v) is 4.50. The minimum atomic E-state index is 0.171. The average molecular weight is 273 g/mol. The molecule has 1 amide bonds. The summed E-state index contributed by atoms with van der Waals surface area (Å²) in [6.45, 7) is 2.92. The van der Waals surface area contributed by atoms with Gasteiger partial charge in [0.2, 0.25) is 5.91 Å². The lowest BCUT2D eigenvalue weighted by Gasteiger charge is -2.34. The van der Waals surface area contributed by atoms with Gasteiger partial charge in [-0.3, -0.25) is 4.79 Å². The lowest BCUT2D eigenvalue weighted by molar-refractivity contribution is -0.126. The van der Waals surface area contributed by atoms with Gasteiger partial charge >= 0.3 is 0 Å². The Morgan fingerprint density at radius 1 is 1.25 bits per heavy atom. The van der Waals surface area contributed by atoms with Gasteiger partial charge in [0.05, 0.1) is 6.04 Å². The molecule has 0 radical (unpaired) electrons. The molecule has 2 aliphatic rings. The molecule has 4 nitrogen and oxygen atoms in total. The lowest BCUT2D eigenvalue weighted by atomic mass is 9.93. The van der Waals surface area contributed by atoms with Gasteiger partial charge in [0.25, 0.3) is 0 Å². The molecule has 0 aliphatic carbocycles. The first-order chi connectivity index (χ1) is 9.75. The number of nitrogens with one attached hydrogen (secondary N) is 2. The van der Waals surface area contributed by atoms with Gasteiger partial charge in [-0.05, 0) is 44.0 Å². The van der Waals surface area contributed by atoms with E-state index in [-0.39, 0.29) is 17.9 Å². The molecular formula is C16H23N3O. The van der Waals surface area contributed by atoms with Gasteiger partial charge in [-0.2, -0.15) is 0 Å². The minimum absolute atomic E-state index is 0.171. The predicted octanol–water partition coefficient (Wildman–Crippen LogP) is 1.68. The van der Waals surface area contributed by atoms with Crippen LogP contribution in [0.4, 0.5) is 5.69 Å². The summed E-state index contributed by atoms with van der Waals surface area (Å²) >= 11 is 0. The Labute approximate surface area is 120 Å². The highest BCUT2D eigenvalue weighted by atomic mass is 16.1. The van der Waals surface area contributed by atoms with Crippen LogP contribution in [0.25, 0.3) is 0 Å². The van der Waals surface area contributed by atoms with Crippen molar-refractivity contribution >= 4 is 11.6 Å². The van der Waals surface area contributed by atoms with Crippen LogP contribution in [-0.2, 0) is 4.79 Å². The number of rotatable bonds is 2. The molecule has 2 N–H and O–H groups in total. The highest BCUT2D eigenvalue weighted by Gasteiger charge is 2.27. The third kappa shape index (κ3) is 2.66. The summed E-state index contributed by atoms with van der Waals surface area (Å²) in [5.74, 6) is 0.416. The summed E-state index contributed by atoms with van der Waals surface area (Å²) in [7, 11) is 2.11. The molecule has 1 saturated heterocycles. The van der Waals surface area contributed by atoms with E-state index < -0.39 is 0 Å². The van der Waals surface area contributed by atoms with Crippen molar-refractivity contribution in [1.82, 2.24) is 10.6 Å². The van der Waals surface area contributed by atoms with Crippen LogP contribution in [0.15, 0.2) is 24.3 Å². The maximum absolute atomic E-state index is 12.4. The summed E-state index contributed by atoms with van der Waals surface area (Å²) in [6, 6.07) is 8.56. The number of para-hydroxylation sites is 1. The molecule has 108 valence electrons. The Morgan fingerprint density at radius 3 is 2.80 bits per heavy atom. The van der Waals surface area contributed by atoms with E-state index >= 15 is 0 Å². The predicted molar refractivity (Wildman–Crippen MR) is 80.8 cm³/mol. The molecule has 0 saturated carbocycles. The van der Waals surface area contributed by atoms with Crippen LogP contribution < -0.4 is 15.5 Å². The summed E-state index contributed by atoms with van der Waals surface area (Å²) in [4.78, 5) is 14.7. The standard InChI is InChI=1S/C16H23N3O/c1-19-11-8-14(13-4-2-3-5-15(13)19)18-16(20)12-6-9-17-10-7-12/h2-5,12,14,17H,6-11H2,1H3,(H,18,20). The number of hydrogen-bond donors (Lipinski definition) is 2. The van der Waals surface area contributed by atoms with Gasteiger partial charge in [-0.15, -0.1) is 0 Å². The van der Waals surface area contributed by atoms with Crippen molar-refractivity contribution in [3.05, 3.63) is 29.8 Å². The van der Waals surface area contributed by atoms with E-state index in [1.807, 2.05) is 0 Å². The summed E-state index contributed by atoms with van der Waals surface area (Å²) in [5, 5.41) is 6.58. The fourth-order valence-electron chi connectivity index (χ4n) is 3.25. The molecule has 0 bridgehead atoms. The monoisotopic (exact) mass is 273 g/mol. The highest BCUT2D eigenvalue weighted by molar-refractivity contribution is 5.79. The van der Waals surface area contributed by atoms with Gasteiger partial charge in [0.15, 0.2) is 0 Å². The van der Waals surface area contributed by atoms with Crippen molar-refractivity contribution in [1.29, 1.82) is 0 Å². The molecule has 0 spiro atoms. The molecule has 20 heavy (non-hydrogen) atoms. The molecule has 4 heteroatoms. The molecule has 0 aromatic heterocycles. The van der Waals surface area contributed by atoms with E-state index in [0.29, 0.717) is 0 Å². The number of piperidine rings is 1. The van der Waals surface area contributed by atoms with Crippen molar-refractivity contribution in [2.75, 3.05) is 31.6 Å². The Morgan fingerprint density at radius 2 is 2.00 bits per heavy atom. The number of carbonyl (C=O) groups excluding carboxylic acids is 1. The number of fused-ring (bicyclic) bond motifs is 1.